The number of carbonyl (C=O) groups excluding carboxylic acids is 1. The maximum Gasteiger partial charge on any atom is 0.264 e. The van der Waals surface area contributed by atoms with Crippen LogP contribution in [0.15, 0.2) is 88.9 Å². The van der Waals surface area contributed by atoms with Crippen molar-refractivity contribution < 1.29 is 13.2 Å². The predicted octanol–water partition coefficient (Wildman–Crippen LogP) is 5.61. The quantitative estimate of drug-likeness (QED) is 0.287. The van der Waals surface area contributed by atoms with Crippen molar-refractivity contribution in [2.24, 2.45) is 5.10 Å². The second-order valence-electron chi connectivity index (χ2n) is 9.62. The number of rotatable bonds is 10. The first-order valence-electron chi connectivity index (χ1n) is 12.1. The van der Waals surface area contributed by atoms with Gasteiger partial charge in [0.25, 0.3) is 15.9 Å². The van der Waals surface area contributed by atoms with Crippen molar-refractivity contribution in [3.63, 3.8) is 0 Å². The summed E-state index contributed by atoms with van der Waals surface area (Å²) in [5.41, 5.74) is 6.61. The van der Waals surface area contributed by atoms with E-state index >= 15 is 0 Å². The van der Waals surface area contributed by atoms with Crippen molar-refractivity contribution in [2.45, 2.75) is 57.8 Å². The molecule has 0 spiro atoms. The van der Waals surface area contributed by atoms with E-state index < -0.39 is 15.9 Å². The Balaban J connectivity index is 1.84. The Morgan fingerprint density at radius 3 is 2.19 bits per heavy atom. The lowest BCUT2D eigenvalue weighted by molar-refractivity contribution is -0.119. The average molecular weight is 506 g/mol. The van der Waals surface area contributed by atoms with E-state index in [0.29, 0.717) is 18.5 Å². The first-order chi connectivity index (χ1) is 17.0. The highest BCUT2D eigenvalue weighted by atomic mass is 32.2. The van der Waals surface area contributed by atoms with Crippen LogP contribution in [-0.2, 0) is 26.7 Å². The third kappa shape index (κ3) is 6.61. The smallest absolute Gasteiger partial charge is 0.264 e. The molecule has 3 rings (SSSR count). The number of hydrogen-bond acceptors (Lipinski definition) is 4. The first kappa shape index (κ1) is 27.1. The highest BCUT2D eigenvalue weighted by Crippen LogP contribution is 2.28. The number of amides is 1. The number of benzene rings is 3. The molecule has 0 unspecified atom stereocenters. The minimum Gasteiger partial charge on any atom is -0.271 e. The van der Waals surface area contributed by atoms with Crippen LogP contribution in [0.2, 0.25) is 0 Å². The van der Waals surface area contributed by atoms with Gasteiger partial charge in [0.15, 0.2) is 0 Å². The second kappa shape index (κ2) is 11.5. The minimum atomic E-state index is -3.98. The van der Waals surface area contributed by atoms with Gasteiger partial charge in [0.2, 0.25) is 0 Å². The molecule has 3 aromatic carbocycles. The van der Waals surface area contributed by atoms with Gasteiger partial charge in [-0.2, -0.15) is 5.10 Å². The number of hydrogen-bond donors (Lipinski definition) is 1. The molecular formula is C29H35N3O3S. The van der Waals surface area contributed by atoms with E-state index in [4.69, 9.17) is 0 Å². The maximum atomic E-state index is 13.6. The van der Waals surface area contributed by atoms with Crippen molar-refractivity contribution in [2.75, 3.05) is 10.8 Å². The fraction of sp³-hybridized carbons (Fsp3) is 0.310. The van der Waals surface area contributed by atoms with Crippen LogP contribution >= 0.6 is 0 Å². The van der Waals surface area contributed by atoms with E-state index in [1.807, 2.05) is 51.1 Å². The van der Waals surface area contributed by atoms with Crippen LogP contribution in [0.5, 0.6) is 0 Å². The Morgan fingerprint density at radius 1 is 0.944 bits per heavy atom. The molecule has 1 N–H and O–H groups in total. The van der Waals surface area contributed by atoms with Crippen LogP contribution in [-0.4, -0.2) is 26.6 Å². The molecule has 0 aliphatic carbocycles. The average Bonchev–Trinajstić information content (AvgIpc) is 2.86. The van der Waals surface area contributed by atoms with Crippen LogP contribution in [0.4, 0.5) is 5.69 Å². The van der Waals surface area contributed by atoms with Crippen LogP contribution < -0.4 is 9.73 Å². The van der Waals surface area contributed by atoms with Crippen LogP contribution in [0, 0.1) is 6.92 Å². The molecule has 36 heavy (non-hydrogen) atoms. The Labute approximate surface area is 215 Å². The van der Waals surface area contributed by atoms with Gasteiger partial charge in [-0.15, -0.1) is 0 Å². The number of carbonyl (C=O) groups is 1. The van der Waals surface area contributed by atoms with E-state index in [9.17, 15) is 13.2 Å². The van der Waals surface area contributed by atoms with Gasteiger partial charge in [-0.1, -0.05) is 87.0 Å². The summed E-state index contributed by atoms with van der Waals surface area (Å²) in [6.45, 7) is 9.58. The maximum absolute atomic E-state index is 13.6. The monoisotopic (exact) mass is 505 g/mol. The lowest BCUT2D eigenvalue weighted by atomic mass is 9.80. The zero-order valence-corrected chi connectivity index (χ0v) is 22.5. The Hall–Kier alpha value is -3.45. The normalized spacial score (nSPS) is 12.3. The van der Waals surface area contributed by atoms with E-state index in [1.54, 1.807) is 36.4 Å². The van der Waals surface area contributed by atoms with Crippen LogP contribution in [0.1, 0.15) is 50.8 Å². The van der Waals surface area contributed by atoms with Crippen molar-refractivity contribution in [3.05, 3.63) is 95.6 Å². The summed E-state index contributed by atoms with van der Waals surface area (Å²) >= 11 is 0. The highest BCUT2D eigenvalue weighted by molar-refractivity contribution is 7.92. The lowest BCUT2D eigenvalue weighted by Crippen LogP contribution is -2.40. The van der Waals surface area contributed by atoms with Crippen molar-refractivity contribution in [1.82, 2.24) is 5.43 Å². The topological polar surface area (TPSA) is 78.8 Å². The fourth-order valence-corrected chi connectivity index (χ4v) is 5.64. The van der Waals surface area contributed by atoms with Gasteiger partial charge in [0, 0.05) is 5.71 Å². The minimum absolute atomic E-state index is 0.135. The summed E-state index contributed by atoms with van der Waals surface area (Å²) in [5, 5.41) is 4.29. The molecule has 0 saturated heterocycles. The van der Waals surface area contributed by atoms with Crippen LogP contribution in [0.25, 0.3) is 0 Å². The number of hydrazone groups is 1. The summed E-state index contributed by atoms with van der Waals surface area (Å²) < 4.78 is 28.5. The molecule has 190 valence electrons. The third-order valence-electron chi connectivity index (χ3n) is 6.16. The van der Waals surface area contributed by atoms with Gasteiger partial charge >= 0.3 is 0 Å². The molecule has 3 aromatic rings. The number of aryl methyl sites for hydroxylation is 2. The summed E-state index contributed by atoms with van der Waals surface area (Å²) in [6.07, 6.45) is 1.27. The molecule has 0 atom stereocenters. The molecule has 0 heterocycles. The first-order valence-corrected chi connectivity index (χ1v) is 13.5. The summed E-state index contributed by atoms with van der Waals surface area (Å²) in [5.74, 6) is -0.506. The number of anilines is 1. The van der Waals surface area contributed by atoms with Gasteiger partial charge in [-0.25, -0.2) is 13.8 Å². The standard InChI is InChI=1S/C29H35N3O3S/c1-6-24-12-10-11-15-27(24)32(36(34,35)26-18-16-22(2)17-19-26)21-28(33)31-30-23(3)20-29(4,5)25-13-8-7-9-14-25/h7-19H,6,20-21H2,1-5H3,(H,31,33)/b30-23-. The number of para-hydroxylation sites is 1. The largest absolute Gasteiger partial charge is 0.271 e. The Kier molecular flexibility index (Phi) is 8.69. The SMILES string of the molecule is CCc1ccccc1N(CC(=O)N/N=C(/C)CC(C)(C)c1ccccc1)S(=O)(=O)c1ccc(C)cc1. The van der Waals surface area contributed by atoms with E-state index in [0.717, 1.165) is 16.8 Å². The Bertz CT molecular complexity index is 1320. The molecule has 0 aliphatic rings. The molecular weight excluding hydrogens is 470 g/mol. The van der Waals surface area contributed by atoms with Crippen molar-refractivity contribution >= 4 is 27.3 Å². The number of nitrogens with zero attached hydrogens (tertiary/aromatic N) is 2. The predicted molar refractivity (Wildman–Crippen MR) is 147 cm³/mol. The van der Waals surface area contributed by atoms with E-state index in [2.05, 4.69) is 36.5 Å². The third-order valence-corrected chi connectivity index (χ3v) is 7.94. The fourth-order valence-electron chi connectivity index (χ4n) is 4.18. The van der Waals surface area contributed by atoms with E-state index in [-0.39, 0.29) is 16.9 Å². The molecule has 0 bridgehead atoms. The van der Waals surface area contributed by atoms with Gasteiger partial charge in [0.1, 0.15) is 6.54 Å². The molecule has 0 fully saturated rings. The molecule has 0 aliphatic heterocycles. The van der Waals surface area contributed by atoms with Crippen molar-refractivity contribution in [1.29, 1.82) is 0 Å². The molecule has 0 aromatic heterocycles. The molecule has 6 nitrogen and oxygen atoms in total. The van der Waals surface area contributed by atoms with Crippen molar-refractivity contribution in [3.8, 4) is 0 Å². The highest BCUT2D eigenvalue weighted by Gasteiger charge is 2.28. The molecule has 7 heteroatoms. The number of sulfonamides is 1. The summed E-state index contributed by atoms with van der Waals surface area (Å²) in [7, 11) is -3.98. The van der Waals surface area contributed by atoms with Crippen LogP contribution in [0.3, 0.4) is 0 Å². The second-order valence-corrected chi connectivity index (χ2v) is 11.5. The van der Waals surface area contributed by atoms with Gasteiger partial charge in [0.05, 0.1) is 10.6 Å². The molecule has 0 radical (unpaired) electrons. The lowest BCUT2D eigenvalue weighted by Gasteiger charge is -2.26. The zero-order chi connectivity index (χ0) is 26.3. The Morgan fingerprint density at radius 2 is 1.56 bits per heavy atom. The number of nitrogens with one attached hydrogen (secondary N) is 1. The summed E-state index contributed by atoms with van der Waals surface area (Å²) in [6, 6.07) is 24.0. The molecule has 1 amide bonds. The van der Waals surface area contributed by atoms with E-state index in [1.165, 1.54) is 9.87 Å². The molecule has 0 saturated carbocycles. The van der Waals surface area contributed by atoms with Gasteiger partial charge < -0.3 is 0 Å². The summed E-state index contributed by atoms with van der Waals surface area (Å²) in [4.78, 5) is 13.1. The zero-order valence-electron chi connectivity index (χ0n) is 21.7. The van der Waals surface area contributed by atoms with Gasteiger partial charge in [-0.3, -0.25) is 9.10 Å². The van der Waals surface area contributed by atoms with Gasteiger partial charge in [-0.05, 0) is 61.4 Å².